The topological polar surface area (TPSA) is 98.7 Å². The molecule has 3 rings (SSSR count). The molecule has 0 bridgehead atoms. The van der Waals surface area contributed by atoms with Gasteiger partial charge in [-0.25, -0.2) is 9.97 Å². The van der Waals surface area contributed by atoms with E-state index in [0.29, 0.717) is 18.9 Å². The highest BCUT2D eigenvalue weighted by atomic mass is 32.2. The molecule has 9 nitrogen and oxygen atoms in total. The smallest absolute Gasteiger partial charge is 0.281 e. The average molecular weight is 368 g/mol. The van der Waals surface area contributed by atoms with Crippen LogP contribution in [-0.4, -0.2) is 79.7 Å². The lowest BCUT2D eigenvalue weighted by Gasteiger charge is -2.44. The SMILES string of the molecule is CNC(=O)[C@@]12CCCN(c3ncccn3)[C@@H]1CN(S(=O)(=O)N(C)C)C2. The third kappa shape index (κ3) is 2.87. The lowest BCUT2D eigenvalue weighted by atomic mass is 9.74. The fourth-order valence-electron chi connectivity index (χ4n) is 3.89. The summed E-state index contributed by atoms with van der Waals surface area (Å²) in [5.74, 6) is 0.402. The van der Waals surface area contributed by atoms with Crippen molar-refractivity contribution in [3.8, 4) is 0 Å². The average Bonchev–Trinajstić information content (AvgIpc) is 3.03. The van der Waals surface area contributed by atoms with Gasteiger partial charge in [0.1, 0.15) is 0 Å². The van der Waals surface area contributed by atoms with E-state index in [1.54, 1.807) is 25.5 Å². The zero-order valence-corrected chi connectivity index (χ0v) is 15.5. The number of amides is 1. The summed E-state index contributed by atoms with van der Waals surface area (Å²) in [6, 6.07) is 1.44. The number of hydrogen-bond acceptors (Lipinski definition) is 6. The molecule has 1 aromatic heterocycles. The van der Waals surface area contributed by atoms with Gasteiger partial charge in [0, 0.05) is 53.2 Å². The van der Waals surface area contributed by atoms with Gasteiger partial charge in [-0.2, -0.15) is 17.0 Å². The number of nitrogens with one attached hydrogen (secondary N) is 1. The van der Waals surface area contributed by atoms with Crippen LogP contribution in [0.5, 0.6) is 0 Å². The highest BCUT2D eigenvalue weighted by Gasteiger charge is 2.58. The maximum Gasteiger partial charge on any atom is 0.281 e. The number of rotatable bonds is 4. The minimum absolute atomic E-state index is 0.130. The lowest BCUT2D eigenvalue weighted by molar-refractivity contribution is -0.131. The Bertz CT molecular complexity index is 741. The Labute approximate surface area is 148 Å². The first-order valence-electron chi connectivity index (χ1n) is 8.26. The normalized spacial score (nSPS) is 27.4. The minimum Gasteiger partial charge on any atom is -0.359 e. The number of nitrogens with zero attached hydrogens (tertiary/aromatic N) is 5. The fourth-order valence-corrected chi connectivity index (χ4v) is 5.07. The van der Waals surface area contributed by atoms with Crippen LogP contribution in [0.25, 0.3) is 0 Å². The number of carbonyl (C=O) groups is 1. The molecule has 0 aliphatic carbocycles. The molecule has 1 amide bonds. The van der Waals surface area contributed by atoms with Crippen molar-refractivity contribution in [1.29, 1.82) is 0 Å². The predicted molar refractivity (Wildman–Crippen MR) is 93.1 cm³/mol. The van der Waals surface area contributed by atoms with Crippen LogP contribution in [0.15, 0.2) is 18.5 Å². The number of fused-ring (bicyclic) bond motifs is 1. The van der Waals surface area contributed by atoms with Crippen molar-refractivity contribution in [3.63, 3.8) is 0 Å². The van der Waals surface area contributed by atoms with Gasteiger partial charge in [-0.1, -0.05) is 0 Å². The van der Waals surface area contributed by atoms with Gasteiger partial charge in [0.25, 0.3) is 10.2 Å². The molecule has 0 radical (unpaired) electrons. The van der Waals surface area contributed by atoms with Crippen molar-refractivity contribution in [2.24, 2.45) is 5.41 Å². The first kappa shape index (κ1) is 18.0. The van der Waals surface area contributed by atoms with Crippen molar-refractivity contribution in [2.45, 2.75) is 18.9 Å². The van der Waals surface area contributed by atoms with Crippen LogP contribution >= 0.6 is 0 Å². The zero-order chi connectivity index (χ0) is 18.2. The minimum atomic E-state index is -3.60. The van der Waals surface area contributed by atoms with Crippen LogP contribution in [0.1, 0.15) is 12.8 Å². The molecule has 0 saturated carbocycles. The molecule has 2 fully saturated rings. The van der Waals surface area contributed by atoms with Gasteiger partial charge in [-0.05, 0) is 18.9 Å². The van der Waals surface area contributed by atoms with Crippen LogP contribution in [0.2, 0.25) is 0 Å². The highest BCUT2D eigenvalue weighted by Crippen LogP contribution is 2.44. The Morgan fingerprint density at radius 1 is 1.36 bits per heavy atom. The second-order valence-electron chi connectivity index (χ2n) is 6.68. The lowest BCUT2D eigenvalue weighted by Crippen LogP contribution is -2.58. The summed E-state index contributed by atoms with van der Waals surface area (Å²) in [7, 11) is 0.995. The standard InChI is InChI=1S/C15H24N6O3S/c1-16-13(22)15-6-4-9-21(14-17-7-5-8-18-14)12(15)10-20(11-15)25(23,24)19(2)3/h5,7-8,12H,4,6,9-11H2,1-3H3,(H,16,22)/t12-,15-/m1/s1. The Kier molecular flexibility index (Phi) is 4.69. The molecule has 2 atom stereocenters. The van der Waals surface area contributed by atoms with Crippen LogP contribution < -0.4 is 10.2 Å². The van der Waals surface area contributed by atoms with E-state index in [1.807, 2.05) is 4.90 Å². The summed E-state index contributed by atoms with van der Waals surface area (Å²) in [4.78, 5) is 23.4. The summed E-state index contributed by atoms with van der Waals surface area (Å²) in [5, 5.41) is 2.73. The Morgan fingerprint density at radius 3 is 2.64 bits per heavy atom. The molecule has 2 aliphatic rings. The van der Waals surface area contributed by atoms with E-state index in [1.165, 1.54) is 22.7 Å². The summed E-state index contributed by atoms with van der Waals surface area (Å²) in [5.41, 5.74) is -0.796. The third-order valence-corrected chi connectivity index (χ3v) is 7.00. The quantitative estimate of drug-likeness (QED) is 0.755. The van der Waals surface area contributed by atoms with E-state index >= 15 is 0 Å². The first-order chi connectivity index (χ1) is 11.8. The Hall–Kier alpha value is -1.78. The van der Waals surface area contributed by atoms with E-state index in [2.05, 4.69) is 15.3 Å². The summed E-state index contributed by atoms with van der Waals surface area (Å²) in [6.07, 6.45) is 4.72. The number of aromatic nitrogens is 2. The predicted octanol–water partition coefficient (Wildman–Crippen LogP) is -0.700. The summed E-state index contributed by atoms with van der Waals surface area (Å²) in [6.45, 7) is 1.11. The zero-order valence-electron chi connectivity index (χ0n) is 14.7. The van der Waals surface area contributed by atoms with Gasteiger partial charge in [-0.15, -0.1) is 0 Å². The molecule has 2 saturated heterocycles. The highest BCUT2D eigenvalue weighted by molar-refractivity contribution is 7.86. The molecule has 10 heteroatoms. The van der Waals surface area contributed by atoms with Crippen molar-refractivity contribution in [3.05, 3.63) is 18.5 Å². The molecule has 1 N–H and O–H groups in total. The van der Waals surface area contributed by atoms with Crippen molar-refractivity contribution in [1.82, 2.24) is 23.9 Å². The molecule has 1 aromatic rings. The van der Waals surface area contributed by atoms with E-state index in [0.717, 1.165) is 6.42 Å². The molecular formula is C15H24N6O3S. The number of carbonyl (C=O) groups excluding carboxylic acids is 1. The summed E-state index contributed by atoms with van der Waals surface area (Å²) < 4.78 is 27.9. The van der Waals surface area contributed by atoms with Gasteiger partial charge in [0.15, 0.2) is 0 Å². The van der Waals surface area contributed by atoms with Crippen LogP contribution in [0.4, 0.5) is 5.95 Å². The fraction of sp³-hybridized carbons (Fsp3) is 0.667. The molecular weight excluding hydrogens is 344 g/mol. The van der Waals surface area contributed by atoms with Gasteiger partial charge in [-0.3, -0.25) is 4.79 Å². The largest absolute Gasteiger partial charge is 0.359 e. The molecule has 0 unspecified atom stereocenters. The summed E-state index contributed by atoms with van der Waals surface area (Å²) >= 11 is 0. The number of anilines is 1. The maximum absolute atomic E-state index is 12.8. The first-order valence-corrected chi connectivity index (χ1v) is 9.66. The van der Waals surface area contributed by atoms with Crippen molar-refractivity contribution < 1.29 is 13.2 Å². The Balaban J connectivity index is 2.02. The second-order valence-corrected chi connectivity index (χ2v) is 8.82. The maximum atomic E-state index is 12.8. The van der Waals surface area contributed by atoms with E-state index in [4.69, 9.17) is 0 Å². The molecule has 25 heavy (non-hydrogen) atoms. The van der Waals surface area contributed by atoms with Gasteiger partial charge in [0.2, 0.25) is 11.9 Å². The molecule has 0 aromatic carbocycles. The van der Waals surface area contributed by atoms with Crippen LogP contribution in [-0.2, 0) is 15.0 Å². The second kappa shape index (κ2) is 6.50. The number of piperidine rings is 1. The number of hydrogen-bond donors (Lipinski definition) is 1. The molecule has 2 aliphatic heterocycles. The van der Waals surface area contributed by atoms with E-state index < -0.39 is 15.6 Å². The van der Waals surface area contributed by atoms with Gasteiger partial charge >= 0.3 is 0 Å². The third-order valence-electron chi connectivity index (χ3n) is 5.15. The van der Waals surface area contributed by atoms with Crippen LogP contribution in [0.3, 0.4) is 0 Å². The van der Waals surface area contributed by atoms with Crippen LogP contribution in [0, 0.1) is 5.41 Å². The van der Waals surface area contributed by atoms with Crippen molar-refractivity contribution in [2.75, 3.05) is 45.7 Å². The molecule has 0 spiro atoms. The molecule has 138 valence electrons. The van der Waals surface area contributed by atoms with Gasteiger partial charge in [0.05, 0.1) is 11.5 Å². The van der Waals surface area contributed by atoms with E-state index in [9.17, 15) is 13.2 Å². The van der Waals surface area contributed by atoms with E-state index in [-0.39, 0.29) is 25.0 Å². The Morgan fingerprint density at radius 2 is 2.04 bits per heavy atom. The molecule has 3 heterocycles. The van der Waals surface area contributed by atoms with Crippen molar-refractivity contribution >= 4 is 22.1 Å². The monoisotopic (exact) mass is 368 g/mol. The van der Waals surface area contributed by atoms with Gasteiger partial charge < -0.3 is 10.2 Å².